The molecular formula is C32H37Cl2N7O3. The first-order chi connectivity index (χ1) is 21.2. The molecule has 4 heterocycles. The van der Waals surface area contributed by atoms with Crippen molar-refractivity contribution in [1.82, 2.24) is 30.1 Å². The van der Waals surface area contributed by atoms with Crippen LogP contribution in [0.1, 0.15) is 32.3 Å². The third-order valence-electron chi connectivity index (χ3n) is 7.79. The number of carbonyl (C=O) groups excluding carboxylic acids is 2. The number of rotatable bonds is 9. The number of piperazine rings is 1. The number of halogens is 2. The average molecular weight is 639 g/mol. The van der Waals surface area contributed by atoms with Crippen molar-refractivity contribution >= 4 is 41.0 Å². The Kier molecular flexibility index (Phi) is 10.7. The van der Waals surface area contributed by atoms with Crippen molar-refractivity contribution in [3.63, 3.8) is 0 Å². The number of hydrogen-bond donors (Lipinski definition) is 1. The van der Waals surface area contributed by atoms with Gasteiger partial charge in [0.05, 0.1) is 18.1 Å². The Morgan fingerprint density at radius 3 is 2.30 bits per heavy atom. The summed E-state index contributed by atoms with van der Waals surface area (Å²) in [5.74, 6) is 2.01. The number of ether oxygens (including phenoxy) is 1. The van der Waals surface area contributed by atoms with Crippen LogP contribution >= 0.6 is 23.2 Å². The van der Waals surface area contributed by atoms with Crippen LogP contribution in [0.4, 0.5) is 5.95 Å². The minimum atomic E-state index is 0.0154. The van der Waals surface area contributed by atoms with Crippen LogP contribution in [-0.2, 0) is 16.1 Å². The van der Waals surface area contributed by atoms with Crippen LogP contribution < -0.4 is 15.0 Å². The Morgan fingerprint density at radius 1 is 0.977 bits per heavy atom. The molecule has 2 aliphatic rings. The Labute approximate surface area is 268 Å². The van der Waals surface area contributed by atoms with E-state index >= 15 is 0 Å². The zero-order chi connectivity index (χ0) is 31.1. The minimum absolute atomic E-state index is 0.0154. The molecule has 3 aromatic rings. The van der Waals surface area contributed by atoms with Crippen LogP contribution in [0, 0.1) is 5.92 Å². The number of aromatic nitrogens is 3. The maximum absolute atomic E-state index is 12.1. The summed E-state index contributed by atoms with van der Waals surface area (Å²) in [5.41, 5.74) is 2.54. The highest BCUT2D eigenvalue weighted by molar-refractivity contribution is 6.35. The molecule has 12 heteroatoms. The molecular weight excluding hydrogens is 601 g/mol. The first-order valence-electron chi connectivity index (χ1n) is 14.9. The van der Waals surface area contributed by atoms with E-state index in [9.17, 15) is 9.59 Å². The molecule has 0 radical (unpaired) electrons. The number of nitrogens with zero attached hydrogens (tertiary/aromatic N) is 6. The van der Waals surface area contributed by atoms with Crippen LogP contribution in [0.3, 0.4) is 0 Å². The molecule has 2 fully saturated rings. The molecule has 44 heavy (non-hydrogen) atoms. The predicted octanol–water partition coefficient (Wildman–Crippen LogP) is 5.21. The maximum Gasteiger partial charge on any atom is 0.246 e. The second kappa shape index (κ2) is 14.8. The molecule has 5 rings (SSSR count). The summed E-state index contributed by atoms with van der Waals surface area (Å²) in [4.78, 5) is 43.6. The lowest BCUT2D eigenvalue weighted by molar-refractivity contribution is -0.126. The summed E-state index contributed by atoms with van der Waals surface area (Å²) in [6, 6.07) is 9.34. The number of piperidine rings is 1. The van der Waals surface area contributed by atoms with Crippen molar-refractivity contribution in [2.24, 2.45) is 5.92 Å². The molecule has 0 aliphatic carbocycles. The van der Waals surface area contributed by atoms with Gasteiger partial charge in [-0.25, -0.2) is 15.0 Å². The van der Waals surface area contributed by atoms with Crippen molar-refractivity contribution in [3.05, 3.63) is 70.5 Å². The van der Waals surface area contributed by atoms with Crippen molar-refractivity contribution in [2.45, 2.75) is 33.2 Å². The number of carbonyl (C=O) groups is 2. The van der Waals surface area contributed by atoms with Gasteiger partial charge in [-0.15, -0.1) is 0 Å². The second-order valence-electron chi connectivity index (χ2n) is 11.1. The molecule has 2 amide bonds. The van der Waals surface area contributed by atoms with Crippen molar-refractivity contribution in [3.8, 4) is 22.9 Å². The van der Waals surface area contributed by atoms with Gasteiger partial charge in [-0.05, 0) is 74.7 Å². The standard InChI is InChI=1S/C32H37Cl2N7O3/c1-3-4-31(43)40-9-11-41(12-10-40)32-36-19-28(20-37-32)44-30-14-24(13-29(38-30)25-15-26(33)17-27(34)16-25)21-39-7-5-23(6-8-39)18-35-22(2)42/h3-4,13-17,19-20,23H,5-12,18,21H2,1-2H3,(H,35,42)/b4-3+. The Hall–Kier alpha value is -3.73. The fraction of sp³-hybridized carbons (Fsp3) is 0.406. The predicted molar refractivity (Wildman–Crippen MR) is 172 cm³/mol. The van der Waals surface area contributed by atoms with Crippen LogP contribution in [0.15, 0.2) is 54.9 Å². The van der Waals surface area contributed by atoms with Crippen LogP contribution in [0.2, 0.25) is 10.0 Å². The lowest BCUT2D eigenvalue weighted by atomic mass is 9.96. The zero-order valence-corrected chi connectivity index (χ0v) is 26.5. The van der Waals surface area contributed by atoms with E-state index in [1.54, 1.807) is 37.5 Å². The van der Waals surface area contributed by atoms with Gasteiger partial charge in [0.2, 0.25) is 23.6 Å². The fourth-order valence-corrected chi connectivity index (χ4v) is 5.99. The Bertz CT molecular complexity index is 1470. The van der Waals surface area contributed by atoms with Crippen LogP contribution in [0.5, 0.6) is 11.6 Å². The summed E-state index contributed by atoms with van der Waals surface area (Å²) >= 11 is 12.6. The van der Waals surface area contributed by atoms with Gasteiger partial charge in [0, 0.05) is 67.9 Å². The van der Waals surface area contributed by atoms with Gasteiger partial charge >= 0.3 is 0 Å². The molecule has 0 atom stereocenters. The topological polar surface area (TPSA) is 104 Å². The largest absolute Gasteiger partial charge is 0.436 e. The maximum atomic E-state index is 12.1. The lowest BCUT2D eigenvalue weighted by Crippen LogP contribution is -2.48. The molecule has 2 aliphatic heterocycles. The molecule has 10 nitrogen and oxygen atoms in total. The van der Waals surface area contributed by atoms with Crippen molar-refractivity contribution < 1.29 is 14.3 Å². The number of hydrogen-bond acceptors (Lipinski definition) is 8. The number of amides is 2. The van der Waals surface area contributed by atoms with E-state index in [0.29, 0.717) is 65.4 Å². The number of benzene rings is 1. The molecule has 232 valence electrons. The van der Waals surface area contributed by atoms with E-state index in [2.05, 4.69) is 25.1 Å². The molecule has 0 saturated carbocycles. The van der Waals surface area contributed by atoms with Gasteiger partial charge < -0.3 is 19.9 Å². The van der Waals surface area contributed by atoms with Gasteiger partial charge in [-0.1, -0.05) is 29.3 Å². The lowest BCUT2D eigenvalue weighted by Gasteiger charge is -2.34. The summed E-state index contributed by atoms with van der Waals surface area (Å²) in [6.07, 6.45) is 8.68. The highest BCUT2D eigenvalue weighted by Crippen LogP contribution is 2.31. The normalized spacial score (nSPS) is 16.4. The third-order valence-corrected chi connectivity index (χ3v) is 8.23. The fourth-order valence-electron chi connectivity index (χ4n) is 5.47. The molecule has 0 unspecified atom stereocenters. The van der Waals surface area contributed by atoms with E-state index in [1.807, 2.05) is 36.1 Å². The van der Waals surface area contributed by atoms with E-state index in [-0.39, 0.29) is 11.8 Å². The first kappa shape index (κ1) is 31.7. The number of anilines is 1. The number of likely N-dealkylation sites (tertiary alicyclic amines) is 1. The zero-order valence-electron chi connectivity index (χ0n) is 25.0. The quantitative estimate of drug-likeness (QED) is 0.319. The number of pyridine rings is 1. The minimum Gasteiger partial charge on any atom is -0.436 e. The van der Waals surface area contributed by atoms with Crippen LogP contribution in [-0.4, -0.2) is 82.4 Å². The average Bonchev–Trinajstić information content (AvgIpc) is 3.01. The molecule has 2 saturated heterocycles. The highest BCUT2D eigenvalue weighted by Gasteiger charge is 2.22. The van der Waals surface area contributed by atoms with Crippen molar-refractivity contribution in [2.75, 3.05) is 50.7 Å². The molecule has 0 spiro atoms. The summed E-state index contributed by atoms with van der Waals surface area (Å²) < 4.78 is 6.18. The molecule has 1 aromatic carbocycles. The molecule has 2 aromatic heterocycles. The van der Waals surface area contributed by atoms with Gasteiger partial charge in [-0.3, -0.25) is 14.5 Å². The van der Waals surface area contributed by atoms with Gasteiger partial charge in [0.15, 0.2) is 5.75 Å². The van der Waals surface area contributed by atoms with Crippen LogP contribution in [0.25, 0.3) is 11.3 Å². The Morgan fingerprint density at radius 2 is 1.66 bits per heavy atom. The third kappa shape index (κ3) is 8.68. The van der Waals surface area contributed by atoms with Crippen molar-refractivity contribution in [1.29, 1.82) is 0 Å². The van der Waals surface area contributed by atoms with E-state index in [4.69, 9.17) is 32.9 Å². The van der Waals surface area contributed by atoms with Gasteiger partial charge in [0.25, 0.3) is 0 Å². The summed E-state index contributed by atoms with van der Waals surface area (Å²) in [5, 5.41) is 4.00. The first-order valence-corrected chi connectivity index (χ1v) is 15.6. The van der Waals surface area contributed by atoms with E-state index < -0.39 is 0 Å². The SMILES string of the molecule is C/C=C/C(=O)N1CCN(c2ncc(Oc3cc(CN4CCC(CNC(C)=O)CC4)cc(-c4cc(Cl)cc(Cl)c4)n3)cn2)CC1. The van der Waals surface area contributed by atoms with Gasteiger partial charge in [-0.2, -0.15) is 0 Å². The summed E-state index contributed by atoms with van der Waals surface area (Å²) in [7, 11) is 0. The monoisotopic (exact) mass is 637 g/mol. The summed E-state index contributed by atoms with van der Waals surface area (Å²) in [6.45, 7) is 9.27. The highest BCUT2D eigenvalue weighted by atomic mass is 35.5. The molecule has 0 bridgehead atoms. The smallest absolute Gasteiger partial charge is 0.246 e. The number of allylic oxidation sites excluding steroid dienone is 1. The van der Waals surface area contributed by atoms with E-state index in [0.717, 1.165) is 50.1 Å². The Balaban J connectivity index is 1.29. The second-order valence-corrected chi connectivity index (χ2v) is 12.0. The van der Waals surface area contributed by atoms with Gasteiger partial charge in [0.1, 0.15) is 0 Å². The molecule has 1 N–H and O–H groups in total. The van der Waals surface area contributed by atoms with E-state index in [1.165, 1.54) is 0 Å². The number of nitrogens with one attached hydrogen (secondary N) is 1.